The van der Waals surface area contributed by atoms with Crippen LogP contribution in [-0.2, 0) is 19.0 Å². The van der Waals surface area contributed by atoms with Gasteiger partial charge in [0.25, 0.3) is 5.91 Å². The van der Waals surface area contributed by atoms with Gasteiger partial charge >= 0.3 is 6.18 Å². The molecule has 0 unspecified atom stereocenters. The van der Waals surface area contributed by atoms with E-state index in [0.717, 1.165) is 12.1 Å². The van der Waals surface area contributed by atoms with Gasteiger partial charge in [-0.15, -0.1) is 0 Å². The topological polar surface area (TPSA) is 59.3 Å². The highest BCUT2D eigenvalue weighted by molar-refractivity contribution is 6.03. The van der Waals surface area contributed by atoms with Gasteiger partial charge in [0.15, 0.2) is 11.5 Å². The average Bonchev–Trinajstić information content (AvgIpc) is 2.89. The standard InChI is InChI=1S/C21H22F3NO3/c1-12-17-15(26)10-20(2,3)11-16(17)28-18(12)19(27)25-9-8-13-4-6-14(7-5-13)21(22,23)24/h4-7H,8-11H2,1-3H3,(H,25,27). The lowest BCUT2D eigenvalue weighted by atomic mass is 9.76. The third-order valence-electron chi connectivity index (χ3n) is 4.96. The fourth-order valence-electron chi connectivity index (χ4n) is 3.56. The van der Waals surface area contributed by atoms with E-state index in [1.54, 1.807) is 6.92 Å². The van der Waals surface area contributed by atoms with Crippen LogP contribution in [-0.4, -0.2) is 18.2 Å². The monoisotopic (exact) mass is 393 g/mol. The van der Waals surface area contributed by atoms with E-state index < -0.39 is 17.6 Å². The average molecular weight is 393 g/mol. The van der Waals surface area contributed by atoms with Gasteiger partial charge in [-0.05, 0) is 36.5 Å². The molecule has 1 amide bonds. The van der Waals surface area contributed by atoms with Crippen LogP contribution in [0.15, 0.2) is 28.7 Å². The minimum Gasteiger partial charge on any atom is -0.455 e. The molecule has 1 N–H and O–H groups in total. The number of Topliss-reactive ketones (excluding diaryl/α,β-unsaturated/α-hetero) is 1. The number of benzene rings is 1. The molecule has 0 bridgehead atoms. The number of carbonyl (C=O) groups is 2. The van der Waals surface area contributed by atoms with Crippen LogP contribution in [0.3, 0.4) is 0 Å². The zero-order valence-corrected chi connectivity index (χ0v) is 16.0. The third-order valence-corrected chi connectivity index (χ3v) is 4.96. The number of amides is 1. The number of nitrogens with one attached hydrogen (secondary N) is 1. The fourth-order valence-corrected chi connectivity index (χ4v) is 3.56. The zero-order chi connectivity index (χ0) is 20.7. The number of hydrogen-bond donors (Lipinski definition) is 1. The maximum Gasteiger partial charge on any atom is 0.416 e. The second kappa shape index (κ2) is 7.11. The molecule has 1 aliphatic carbocycles. The van der Waals surface area contributed by atoms with E-state index in [-0.39, 0.29) is 23.5 Å². The van der Waals surface area contributed by atoms with Crippen LogP contribution >= 0.6 is 0 Å². The predicted octanol–water partition coefficient (Wildman–Crippen LogP) is 4.73. The van der Waals surface area contributed by atoms with Gasteiger partial charge in [-0.3, -0.25) is 9.59 Å². The highest BCUT2D eigenvalue weighted by Gasteiger charge is 2.37. The van der Waals surface area contributed by atoms with Crippen molar-refractivity contribution in [3.8, 4) is 0 Å². The van der Waals surface area contributed by atoms with Gasteiger partial charge in [-0.25, -0.2) is 0 Å². The lowest BCUT2D eigenvalue weighted by Crippen LogP contribution is -2.26. The molecule has 150 valence electrons. The van der Waals surface area contributed by atoms with Crippen LogP contribution in [0.1, 0.15) is 63.6 Å². The maximum absolute atomic E-state index is 12.6. The smallest absolute Gasteiger partial charge is 0.416 e. The van der Waals surface area contributed by atoms with Crippen LogP contribution in [0, 0.1) is 12.3 Å². The molecule has 1 aliphatic rings. The molecule has 2 aromatic rings. The number of alkyl halides is 3. The number of halogens is 3. The van der Waals surface area contributed by atoms with Crippen molar-refractivity contribution in [2.75, 3.05) is 6.54 Å². The Bertz CT molecular complexity index is 908. The molecular formula is C21H22F3NO3. The Morgan fingerprint density at radius 2 is 1.82 bits per heavy atom. The summed E-state index contributed by atoms with van der Waals surface area (Å²) in [5, 5.41) is 2.71. The molecule has 1 heterocycles. The summed E-state index contributed by atoms with van der Waals surface area (Å²) in [5.74, 6) is 0.232. The molecule has 28 heavy (non-hydrogen) atoms. The van der Waals surface area contributed by atoms with Crippen molar-refractivity contribution in [3.05, 3.63) is 58.0 Å². The maximum atomic E-state index is 12.6. The Morgan fingerprint density at radius 1 is 1.18 bits per heavy atom. The largest absolute Gasteiger partial charge is 0.455 e. The SMILES string of the molecule is Cc1c(C(=O)NCCc2ccc(C(F)(F)F)cc2)oc2c1C(=O)CC(C)(C)C2. The number of ketones is 1. The van der Waals surface area contributed by atoms with E-state index in [2.05, 4.69) is 5.32 Å². The van der Waals surface area contributed by atoms with Crippen LogP contribution < -0.4 is 5.32 Å². The molecule has 0 saturated heterocycles. The van der Waals surface area contributed by atoms with Gasteiger partial charge in [-0.2, -0.15) is 13.2 Å². The van der Waals surface area contributed by atoms with Crippen molar-refractivity contribution in [1.29, 1.82) is 0 Å². The Morgan fingerprint density at radius 3 is 2.43 bits per heavy atom. The first-order chi connectivity index (χ1) is 13.0. The molecule has 1 aromatic carbocycles. The molecule has 0 saturated carbocycles. The summed E-state index contributed by atoms with van der Waals surface area (Å²) in [6, 6.07) is 4.84. The molecule has 4 nitrogen and oxygen atoms in total. The molecule has 1 aromatic heterocycles. The van der Waals surface area contributed by atoms with Crippen LogP contribution in [0.25, 0.3) is 0 Å². The first-order valence-electron chi connectivity index (χ1n) is 9.08. The van der Waals surface area contributed by atoms with E-state index in [4.69, 9.17) is 4.42 Å². The van der Waals surface area contributed by atoms with Crippen molar-refractivity contribution in [1.82, 2.24) is 5.32 Å². The van der Waals surface area contributed by atoms with E-state index >= 15 is 0 Å². The summed E-state index contributed by atoms with van der Waals surface area (Å²) in [7, 11) is 0. The first kappa shape index (κ1) is 20.2. The minimum atomic E-state index is -4.37. The quantitative estimate of drug-likeness (QED) is 0.817. The van der Waals surface area contributed by atoms with Crippen molar-refractivity contribution < 1.29 is 27.2 Å². The summed E-state index contributed by atoms with van der Waals surface area (Å²) in [6.07, 6.45) is -2.98. The van der Waals surface area contributed by atoms with E-state index in [1.165, 1.54) is 12.1 Å². The lowest BCUT2D eigenvalue weighted by Gasteiger charge is -2.27. The Labute approximate surface area is 161 Å². The predicted molar refractivity (Wildman–Crippen MR) is 97.4 cm³/mol. The third kappa shape index (κ3) is 4.13. The van der Waals surface area contributed by atoms with Crippen LogP contribution in [0.2, 0.25) is 0 Å². The van der Waals surface area contributed by atoms with E-state index in [9.17, 15) is 22.8 Å². The number of hydrogen-bond acceptors (Lipinski definition) is 3. The van der Waals surface area contributed by atoms with Crippen molar-refractivity contribution in [2.45, 2.75) is 46.2 Å². The summed E-state index contributed by atoms with van der Waals surface area (Å²) < 4.78 is 43.5. The Hall–Kier alpha value is -2.57. The minimum absolute atomic E-state index is 0.0173. The fraction of sp³-hybridized carbons (Fsp3) is 0.429. The molecule has 0 radical (unpaired) electrons. The summed E-state index contributed by atoms with van der Waals surface area (Å²) in [4.78, 5) is 24.8. The first-order valence-corrected chi connectivity index (χ1v) is 9.08. The zero-order valence-electron chi connectivity index (χ0n) is 16.0. The molecule has 7 heteroatoms. The van der Waals surface area contributed by atoms with Gasteiger partial charge in [0, 0.05) is 24.9 Å². The molecule has 0 atom stereocenters. The van der Waals surface area contributed by atoms with E-state index in [1.807, 2.05) is 13.8 Å². The van der Waals surface area contributed by atoms with Crippen LogP contribution in [0.5, 0.6) is 0 Å². The summed E-state index contributed by atoms with van der Waals surface area (Å²) >= 11 is 0. The Kier molecular flexibility index (Phi) is 5.12. The van der Waals surface area contributed by atoms with E-state index in [0.29, 0.717) is 41.7 Å². The lowest BCUT2D eigenvalue weighted by molar-refractivity contribution is -0.137. The van der Waals surface area contributed by atoms with Gasteiger partial charge < -0.3 is 9.73 Å². The Balaban J connectivity index is 1.64. The van der Waals surface area contributed by atoms with Crippen LogP contribution in [0.4, 0.5) is 13.2 Å². The summed E-state index contributed by atoms with van der Waals surface area (Å²) in [5.41, 5.74) is 0.824. The van der Waals surface area contributed by atoms with Crippen molar-refractivity contribution >= 4 is 11.7 Å². The molecule has 0 aliphatic heterocycles. The van der Waals surface area contributed by atoms with Gasteiger partial charge in [-0.1, -0.05) is 26.0 Å². The second-order valence-corrected chi connectivity index (χ2v) is 8.00. The van der Waals surface area contributed by atoms with Crippen molar-refractivity contribution in [2.24, 2.45) is 5.41 Å². The van der Waals surface area contributed by atoms with Gasteiger partial charge in [0.2, 0.25) is 0 Å². The highest BCUT2D eigenvalue weighted by atomic mass is 19.4. The van der Waals surface area contributed by atoms with Gasteiger partial charge in [0.05, 0.1) is 11.1 Å². The molecular weight excluding hydrogens is 371 g/mol. The highest BCUT2D eigenvalue weighted by Crippen LogP contribution is 2.38. The summed E-state index contributed by atoms with van der Waals surface area (Å²) in [6.45, 7) is 5.91. The van der Waals surface area contributed by atoms with Crippen molar-refractivity contribution in [3.63, 3.8) is 0 Å². The molecule has 0 spiro atoms. The number of rotatable bonds is 4. The molecule has 0 fully saturated rings. The van der Waals surface area contributed by atoms with Gasteiger partial charge in [0.1, 0.15) is 5.76 Å². The number of carbonyl (C=O) groups excluding carboxylic acids is 2. The second-order valence-electron chi connectivity index (χ2n) is 8.00. The number of fused-ring (bicyclic) bond motifs is 1. The normalized spacial score (nSPS) is 16.0. The number of furan rings is 1. The molecule has 3 rings (SSSR count).